The maximum Gasteiger partial charge on any atom is 0.390 e. The number of aromatic hydroxyl groups is 1. The molecule has 1 saturated heterocycles. The van der Waals surface area contributed by atoms with E-state index in [1.165, 1.54) is 29.5 Å². The van der Waals surface area contributed by atoms with Crippen molar-refractivity contribution in [3.05, 3.63) is 77.6 Å². The van der Waals surface area contributed by atoms with E-state index >= 15 is 0 Å². The molecule has 1 aliphatic heterocycles. The van der Waals surface area contributed by atoms with Gasteiger partial charge in [0.25, 0.3) is 5.91 Å². The van der Waals surface area contributed by atoms with Crippen LogP contribution >= 0.6 is 0 Å². The third-order valence-electron chi connectivity index (χ3n) is 6.81. The molecule has 4 rings (SSSR count). The predicted molar refractivity (Wildman–Crippen MR) is 147 cm³/mol. The van der Waals surface area contributed by atoms with Crippen LogP contribution in [0.1, 0.15) is 34.8 Å². The van der Waals surface area contributed by atoms with Gasteiger partial charge in [0.15, 0.2) is 0 Å². The molecule has 40 heavy (non-hydrogen) atoms. The van der Waals surface area contributed by atoms with Gasteiger partial charge in [-0.1, -0.05) is 25.1 Å². The predicted octanol–water partition coefficient (Wildman–Crippen LogP) is 4.35. The number of hydrogen-bond donors (Lipinski definition) is 2. The van der Waals surface area contributed by atoms with Gasteiger partial charge in [-0.2, -0.15) is 13.2 Å². The molecule has 1 aromatic heterocycles. The lowest BCUT2D eigenvalue weighted by Gasteiger charge is -2.36. The average molecular weight is 577 g/mol. The Bertz CT molecular complexity index is 1440. The summed E-state index contributed by atoms with van der Waals surface area (Å²) in [4.78, 5) is 20.8. The summed E-state index contributed by atoms with van der Waals surface area (Å²) < 4.78 is 62.3. The monoisotopic (exact) mass is 576 g/mol. The molecule has 0 spiro atoms. The number of pyridine rings is 1. The van der Waals surface area contributed by atoms with Gasteiger partial charge in [-0.05, 0) is 53.4 Å². The highest BCUT2D eigenvalue weighted by Crippen LogP contribution is 2.26. The number of benzene rings is 2. The topological polar surface area (TPSA) is 103 Å². The van der Waals surface area contributed by atoms with Gasteiger partial charge in [0, 0.05) is 55.7 Å². The van der Waals surface area contributed by atoms with E-state index < -0.39 is 34.3 Å². The molecule has 2 aromatic carbocycles. The van der Waals surface area contributed by atoms with Crippen molar-refractivity contribution < 1.29 is 31.5 Å². The number of alkyl halides is 3. The molecule has 0 unspecified atom stereocenters. The molecular weight excluding hydrogens is 545 g/mol. The molecule has 0 aliphatic carbocycles. The van der Waals surface area contributed by atoms with Gasteiger partial charge >= 0.3 is 6.18 Å². The number of amides is 1. The van der Waals surface area contributed by atoms with Gasteiger partial charge < -0.3 is 10.0 Å². The highest BCUT2D eigenvalue weighted by molar-refractivity contribution is 7.90. The van der Waals surface area contributed by atoms with Crippen molar-refractivity contribution >= 4 is 21.6 Å². The van der Waals surface area contributed by atoms with E-state index in [1.54, 1.807) is 29.1 Å². The van der Waals surface area contributed by atoms with E-state index in [0.717, 1.165) is 56.0 Å². The van der Waals surface area contributed by atoms with Crippen LogP contribution in [0.3, 0.4) is 0 Å². The minimum absolute atomic E-state index is 0.0509. The zero-order chi connectivity index (χ0) is 28.9. The quantitative estimate of drug-likeness (QED) is 0.391. The number of nitrogens with zero attached hydrogens (tertiary/aromatic N) is 3. The van der Waals surface area contributed by atoms with Crippen molar-refractivity contribution in [2.45, 2.75) is 32.5 Å². The fraction of sp³-hybridized carbons (Fsp3) is 0.357. The normalized spacial score (nSPS) is 14.8. The van der Waals surface area contributed by atoms with Gasteiger partial charge in [0.05, 0.1) is 18.4 Å². The number of anilines is 1. The SMILES string of the molecule is CCc1cc(-c2cncc(O)c2)ccc1CN1CCN(c2ccc(C(=O)NS(=O)(=O)CCC(F)(F)F)cc2)CC1. The van der Waals surface area contributed by atoms with Crippen molar-refractivity contribution in [2.24, 2.45) is 0 Å². The zero-order valence-corrected chi connectivity index (χ0v) is 22.8. The van der Waals surface area contributed by atoms with E-state index in [1.807, 2.05) is 6.07 Å². The standard InChI is InChI=1S/C28H31F3N4O4S/c1-2-20-15-22(24-16-26(36)18-32-17-24)3-4-23(20)19-34-10-12-35(13-11-34)25-7-5-21(6-8-25)27(37)33-40(38,39)14-9-28(29,30)31/h3-8,15-18,36H,2,9-14,19H2,1H3,(H,33,37). The Morgan fingerprint density at radius 2 is 1.68 bits per heavy atom. The molecule has 2 heterocycles. The summed E-state index contributed by atoms with van der Waals surface area (Å²) in [6.07, 6.45) is -2.14. The number of nitrogens with one attached hydrogen (secondary N) is 1. The first-order chi connectivity index (χ1) is 18.9. The van der Waals surface area contributed by atoms with Gasteiger partial charge in [-0.3, -0.25) is 14.7 Å². The summed E-state index contributed by atoms with van der Waals surface area (Å²) in [6, 6.07) is 14.3. The number of carbonyl (C=O) groups is 1. The molecule has 0 saturated carbocycles. The van der Waals surface area contributed by atoms with Crippen LogP contribution in [0, 0.1) is 0 Å². The Morgan fingerprint density at radius 3 is 2.30 bits per heavy atom. The summed E-state index contributed by atoms with van der Waals surface area (Å²) in [5.74, 6) is -2.04. The molecule has 1 aliphatic rings. The number of halogens is 3. The molecule has 12 heteroatoms. The molecule has 0 bridgehead atoms. The highest BCUT2D eigenvalue weighted by atomic mass is 32.2. The van der Waals surface area contributed by atoms with Crippen molar-refractivity contribution in [1.29, 1.82) is 0 Å². The molecule has 8 nitrogen and oxygen atoms in total. The third-order valence-corrected chi connectivity index (χ3v) is 8.05. The second-order valence-corrected chi connectivity index (χ2v) is 11.5. The van der Waals surface area contributed by atoms with E-state index in [4.69, 9.17) is 0 Å². The maximum absolute atomic E-state index is 12.3. The third kappa shape index (κ3) is 7.95. The number of piperazine rings is 1. The number of aromatic nitrogens is 1. The molecule has 214 valence electrons. The maximum atomic E-state index is 12.3. The summed E-state index contributed by atoms with van der Waals surface area (Å²) in [6.45, 7) is 6.07. The van der Waals surface area contributed by atoms with Crippen LogP contribution in [0.4, 0.5) is 18.9 Å². The van der Waals surface area contributed by atoms with Gasteiger partial charge in [0.1, 0.15) is 5.75 Å². The van der Waals surface area contributed by atoms with Crippen LogP contribution < -0.4 is 9.62 Å². The second-order valence-electron chi connectivity index (χ2n) is 9.69. The van der Waals surface area contributed by atoms with Crippen molar-refractivity contribution in [3.63, 3.8) is 0 Å². The number of hydrogen-bond acceptors (Lipinski definition) is 7. The molecule has 1 fully saturated rings. The summed E-state index contributed by atoms with van der Waals surface area (Å²) >= 11 is 0. The smallest absolute Gasteiger partial charge is 0.390 e. The van der Waals surface area contributed by atoms with Crippen LogP contribution in [-0.4, -0.2) is 67.4 Å². The average Bonchev–Trinajstić information content (AvgIpc) is 2.92. The molecular formula is C28H31F3N4O4S. The van der Waals surface area contributed by atoms with Crippen LogP contribution in [-0.2, 0) is 23.0 Å². The Hall–Kier alpha value is -3.64. The fourth-order valence-corrected chi connectivity index (χ4v) is 5.61. The lowest BCUT2D eigenvalue weighted by molar-refractivity contribution is -0.130. The Morgan fingerprint density at radius 1 is 0.975 bits per heavy atom. The second kappa shape index (κ2) is 12.3. The van der Waals surface area contributed by atoms with Crippen molar-refractivity contribution in [1.82, 2.24) is 14.6 Å². The lowest BCUT2D eigenvalue weighted by Crippen LogP contribution is -2.46. The fourth-order valence-electron chi connectivity index (χ4n) is 4.60. The minimum atomic E-state index is -4.63. The molecule has 1 amide bonds. The Balaban J connectivity index is 1.32. The van der Waals surface area contributed by atoms with E-state index in [-0.39, 0.29) is 11.3 Å². The van der Waals surface area contributed by atoms with Crippen LogP contribution in [0.15, 0.2) is 60.9 Å². The molecule has 0 radical (unpaired) electrons. The van der Waals surface area contributed by atoms with Gasteiger partial charge in [-0.15, -0.1) is 0 Å². The largest absolute Gasteiger partial charge is 0.506 e. The first-order valence-electron chi connectivity index (χ1n) is 12.9. The van der Waals surface area contributed by atoms with Crippen LogP contribution in [0.25, 0.3) is 11.1 Å². The first-order valence-corrected chi connectivity index (χ1v) is 14.5. The van der Waals surface area contributed by atoms with Gasteiger partial charge in [0.2, 0.25) is 10.0 Å². The molecule has 0 atom stereocenters. The van der Waals surface area contributed by atoms with Crippen LogP contribution in [0.5, 0.6) is 5.75 Å². The minimum Gasteiger partial charge on any atom is -0.506 e. The van der Waals surface area contributed by atoms with E-state index in [2.05, 4.69) is 33.8 Å². The number of carbonyl (C=O) groups excluding carboxylic acids is 1. The summed E-state index contributed by atoms with van der Waals surface area (Å²) in [5.41, 5.74) is 5.27. The van der Waals surface area contributed by atoms with Crippen molar-refractivity contribution in [2.75, 3.05) is 36.8 Å². The van der Waals surface area contributed by atoms with E-state index in [0.29, 0.717) is 0 Å². The lowest BCUT2D eigenvalue weighted by atomic mass is 9.98. The first kappa shape index (κ1) is 29.3. The number of aryl methyl sites for hydroxylation is 1. The van der Waals surface area contributed by atoms with E-state index in [9.17, 15) is 31.5 Å². The number of sulfonamides is 1. The molecule has 3 aromatic rings. The Labute approximate surface area is 231 Å². The molecule has 2 N–H and O–H groups in total. The van der Waals surface area contributed by atoms with Crippen LogP contribution in [0.2, 0.25) is 0 Å². The van der Waals surface area contributed by atoms with Gasteiger partial charge in [-0.25, -0.2) is 13.1 Å². The summed E-state index contributed by atoms with van der Waals surface area (Å²) in [5, 5.41) is 9.75. The highest BCUT2D eigenvalue weighted by Gasteiger charge is 2.30. The Kier molecular flexibility index (Phi) is 8.99. The van der Waals surface area contributed by atoms with Crippen molar-refractivity contribution in [3.8, 4) is 16.9 Å². The number of rotatable bonds is 9. The zero-order valence-electron chi connectivity index (χ0n) is 22.0. The summed E-state index contributed by atoms with van der Waals surface area (Å²) in [7, 11) is -4.40.